The standard InChI is InChI=1S/C14H13ClN2O2/c15-11-3-1-2-4-12(11)17-13(9-5-6-9)7-10(16-17)8-14(18)19/h1-4,7,9H,5-6,8H2,(H,18,19). The predicted molar refractivity (Wildman–Crippen MR) is 71.9 cm³/mol. The van der Waals surface area contributed by atoms with Gasteiger partial charge in [-0.25, -0.2) is 4.68 Å². The third kappa shape index (κ3) is 2.49. The molecule has 0 radical (unpaired) electrons. The van der Waals surface area contributed by atoms with Crippen LogP contribution in [-0.4, -0.2) is 20.9 Å². The van der Waals surface area contributed by atoms with Gasteiger partial charge in [-0.2, -0.15) is 5.10 Å². The molecule has 0 amide bonds. The van der Waals surface area contributed by atoms with Crippen LogP contribution in [0.5, 0.6) is 0 Å². The van der Waals surface area contributed by atoms with Crippen molar-refractivity contribution in [1.82, 2.24) is 9.78 Å². The number of carbonyl (C=O) groups is 1. The van der Waals surface area contributed by atoms with E-state index in [1.165, 1.54) is 0 Å². The van der Waals surface area contributed by atoms with Gasteiger partial charge in [0.1, 0.15) is 0 Å². The van der Waals surface area contributed by atoms with Crippen LogP contribution >= 0.6 is 11.6 Å². The minimum absolute atomic E-state index is 0.0584. The van der Waals surface area contributed by atoms with Crippen molar-refractivity contribution in [2.45, 2.75) is 25.2 Å². The van der Waals surface area contributed by atoms with Gasteiger partial charge in [0.05, 0.1) is 22.8 Å². The molecule has 1 aromatic heterocycles. The van der Waals surface area contributed by atoms with E-state index in [2.05, 4.69) is 5.10 Å². The van der Waals surface area contributed by atoms with Gasteiger partial charge in [0.25, 0.3) is 0 Å². The summed E-state index contributed by atoms with van der Waals surface area (Å²) in [5.41, 5.74) is 2.45. The van der Waals surface area contributed by atoms with Crippen LogP contribution in [0.15, 0.2) is 30.3 Å². The van der Waals surface area contributed by atoms with Crippen molar-refractivity contribution >= 4 is 17.6 Å². The minimum Gasteiger partial charge on any atom is -0.481 e. The van der Waals surface area contributed by atoms with Crippen molar-refractivity contribution in [2.75, 3.05) is 0 Å². The number of carboxylic acid groups (broad SMARTS) is 1. The SMILES string of the molecule is O=C(O)Cc1cc(C2CC2)n(-c2ccccc2Cl)n1. The van der Waals surface area contributed by atoms with Crippen molar-refractivity contribution in [3.63, 3.8) is 0 Å². The Hall–Kier alpha value is -1.81. The van der Waals surface area contributed by atoms with Gasteiger partial charge in [-0.1, -0.05) is 23.7 Å². The Kier molecular flexibility index (Phi) is 3.03. The lowest BCUT2D eigenvalue weighted by Crippen LogP contribution is -2.04. The Bertz CT molecular complexity index is 632. The highest BCUT2D eigenvalue weighted by atomic mass is 35.5. The van der Waals surface area contributed by atoms with E-state index in [0.29, 0.717) is 16.6 Å². The molecule has 0 bridgehead atoms. The largest absolute Gasteiger partial charge is 0.481 e. The normalized spacial score (nSPS) is 14.6. The molecule has 0 aliphatic heterocycles. The molecule has 1 fully saturated rings. The first-order chi connectivity index (χ1) is 9.15. The van der Waals surface area contributed by atoms with Gasteiger partial charge in [0.15, 0.2) is 0 Å². The highest BCUT2D eigenvalue weighted by Crippen LogP contribution is 2.41. The van der Waals surface area contributed by atoms with Gasteiger partial charge in [-0.3, -0.25) is 4.79 Å². The van der Waals surface area contributed by atoms with Crippen LogP contribution in [0.25, 0.3) is 5.69 Å². The van der Waals surface area contributed by atoms with Gasteiger partial charge in [-0.05, 0) is 31.0 Å². The molecular weight excluding hydrogens is 264 g/mol. The molecular formula is C14H13ClN2O2. The number of aromatic nitrogens is 2. The highest BCUT2D eigenvalue weighted by Gasteiger charge is 2.29. The molecule has 98 valence electrons. The lowest BCUT2D eigenvalue weighted by molar-refractivity contribution is -0.136. The van der Waals surface area contributed by atoms with Crippen molar-refractivity contribution in [1.29, 1.82) is 0 Å². The van der Waals surface area contributed by atoms with E-state index in [-0.39, 0.29) is 6.42 Å². The van der Waals surface area contributed by atoms with Gasteiger partial charge < -0.3 is 5.11 Å². The zero-order chi connectivity index (χ0) is 13.4. The second-order valence-corrected chi connectivity index (χ2v) is 5.18. The lowest BCUT2D eigenvalue weighted by Gasteiger charge is -2.08. The lowest BCUT2D eigenvalue weighted by atomic mass is 10.2. The topological polar surface area (TPSA) is 55.1 Å². The summed E-state index contributed by atoms with van der Waals surface area (Å²) in [4.78, 5) is 10.8. The Morgan fingerprint density at radius 1 is 1.42 bits per heavy atom. The first-order valence-electron chi connectivity index (χ1n) is 6.20. The molecule has 1 aromatic carbocycles. The number of aliphatic carboxylic acids is 1. The van der Waals surface area contributed by atoms with E-state index in [0.717, 1.165) is 24.2 Å². The van der Waals surface area contributed by atoms with Crippen LogP contribution in [0.4, 0.5) is 0 Å². The Labute approximate surface area is 115 Å². The molecule has 0 saturated heterocycles. The zero-order valence-corrected chi connectivity index (χ0v) is 11.0. The number of hydrogen-bond donors (Lipinski definition) is 1. The minimum atomic E-state index is -0.869. The quantitative estimate of drug-likeness (QED) is 0.934. The fourth-order valence-corrected chi connectivity index (χ4v) is 2.39. The molecule has 1 heterocycles. The summed E-state index contributed by atoms with van der Waals surface area (Å²) >= 11 is 6.19. The summed E-state index contributed by atoms with van der Waals surface area (Å²) in [5, 5.41) is 13.9. The maximum absolute atomic E-state index is 10.8. The van der Waals surface area contributed by atoms with Crippen LogP contribution in [0.2, 0.25) is 5.02 Å². The second kappa shape index (κ2) is 4.70. The molecule has 1 aliphatic rings. The zero-order valence-electron chi connectivity index (χ0n) is 10.2. The van der Waals surface area contributed by atoms with Crippen molar-refractivity contribution < 1.29 is 9.90 Å². The number of hydrogen-bond acceptors (Lipinski definition) is 2. The van der Waals surface area contributed by atoms with Gasteiger partial charge in [0.2, 0.25) is 0 Å². The molecule has 1 N–H and O–H groups in total. The maximum Gasteiger partial charge on any atom is 0.309 e. The summed E-state index contributed by atoms with van der Waals surface area (Å²) in [6.07, 6.45) is 2.20. The third-order valence-electron chi connectivity index (χ3n) is 3.20. The van der Waals surface area contributed by atoms with E-state index < -0.39 is 5.97 Å². The van der Waals surface area contributed by atoms with E-state index in [1.54, 1.807) is 4.68 Å². The summed E-state index contributed by atoms with van der Waals surface area (Å²) < 4.78 is 1.79. The number of carboxylic acids is 1. The van der Waals surface area contributed by atoms with E-state index in [9.17, 15) is 4.79 Å². The summed E-state index contributed by atoms with van der Waals surface area (Å²) in [6.45, 7) is 0. The van der Waals surface area contributed by atoms with Gasteiger partial charge >= 0.3 is 5.97 Å². The van der Waals surface area contributed by atoms with Crippen LogP contribution < -0.4 is 0 Å². The molecule has 0 spiro atoms. The number of benzene rings is 1. The molecule has 1 saturated carbocycles. The molecule has 1 aliphatic carbocycles. The number of para-hydroxylation sites is 1. The van der Waals surface area contributed by atoms with Gasteiger partial charge in [-0.15, -0.1) is 0 Å². The van der Waals surface area contributed by atoms with Crippen molar-refractivity contribution in [3.8, 4) is 5.69 Å². The van der Waals surface area contributed by atoms with E-state index in [4.69, 9.17) is 16.7 Å². The second-order valence-electron chi connectivity index (χ2n) is 4.77. The van der Waals surface area contributed by atoms with E-state index in [1.807, 2.05) is 30.3 Å². The first-order valence-corrected chi connectivity index (χ1v) is 6.58. The van der Waals surface area contributed by atoms with Crippen molar-refractivity contribution in [3.05, 3.63) is 46.7 Å². The summed E-state index contributed by atoms with van der Waals surface area (Å²) in [5.74, 6) is -0.391. The fraction of sp³-hybridized carbons (Fsp3) is 0.286. The molecule has 0 unspecified atom stereocenters. The molecule has 5 heteroatoms. The molecule has 2 aromatic rings. The smallest absolute Gasteiger partial charge is 0.309 e. The van der Waals surface area contributed by atoms with Crippen LogP contribution in [0.1, 0.15) is 30.1 Å². The average Bonchev–Trinajstić information content (AvgIpc) is 3.12. The summed E-state index contributed by atoms with van der Waals surface area (Å²) in [7, 11) is 0. The molecule has 19 heavy (non-hydrogen) atoms. The average molecular weight is 277 g/mol. The Morgan fingerprint density at radius 3 is 2.79 bits per heavy atom. The molecule has 4 nitrogen and oxygen atoms in total. The Balaban J connectivity index is 2.06. The van der Waals surface area contributed by atoms with Crippen LogP contribution in [-0.2, 0) is 11.2 Å². The predicted octanol–water partition coefficient (Wildman–Crippen LogP) is 3.03. The highest BCUT2D eigenvalue weighted by molar-refractivity contribution is 6.32. The maximum atomic E-state index is 10.8. The molecule has 0 atom stereocenters. The summed E-state index contributed by atoms with van der Waals surface area (Å²) in [6, 6.07) is 9.35. The monoisotopic (exact) mass is 276 g/mol. The van der Waals surface area contributed by atoms with Gasteiger partial charge in [0, 0.05) is 11.6 Å². The van der Waals surface area contributed by atoms with Crippen molar-refractivity contribution in [2.24, 2.45) is 0 Å². The number of nitrogens with zero attached hydrogens (tertiary/aromatic N) is 2. The fourth-order valence-electron chi connectivity index (χ4n) is 2.17. The van der Waals surface area contributed by atoms with Crippen LogP contribution in [0.3, 0.4) is 0 Å². The first kappa shape index (κ1) is 12.2. The number of halogens is 1. The molecule has 3 rings (SSSR count). The Morgan fingerprint density at radius 2 is 2.16 bits per heavy atom. The van der Waals surface area contributed by atoms with Crippen LogP contribution in [0, 0.1) is 0 Å². The number of rotatable bonds is 4. The third-order valence-corrected chi connectivity index (χ3v) is 3.52. The van der Waals surface area contributed by atoms with E-state index >= 15 is 0 Å².